The number of nitrogens with two attached hydrogens (primary N) is 1. The number of benzene rings is 1. The first kappa shape index (κ1) is 16.1. The molecule has 1 rings (SSSR count). The van der Waals surface area contributed by atoms with E-state index in [-0.39, 0.29) is 6.54 Å². The van der Waals surface area contributed by atoms with E-state index in [0.29, 0.717) is 0 Å². The van der Waals surface area contributed by atoms with Gasteiger partial charge in [-0.05, 0) is 11.6 Å². The van der Waals surface area contributed by atoms with Gasteiger partial charge >= 0.3 is 0 Å². The molecule has 0 aliphatic heterocycles. The Morgan fingerprint density at radius 2 is 1.24 bits per heavy atom. The molecule has 0 fully saturated rings. The van der Waals surface area contributed by atoms with Gasteiger partial charge in [-0.1, -0.05) is 0 Å². The highest BCUT2D eigenvalue weighted by molar-refractivity contribution is 7.80. The molecule has 1 aromatic rings. The van der Waals surface area contributed by atoms with Crippen molar-refractivity contribution in [2.24, 2.45) is 5.73 Å². The van der Waals surface area contributed by atoms with Crippen molar-refractivity contribution in [3.05, 3.63) is 29.1 Å². The van der Waals surface area contributed by atoms with Gasteiger partial charge in [0, 0.05) is 0 Å². The van der Waals surface area contributed by atoms with E-state index in [1.807, 2.05) is 0 Å². The maximum atomic E-state index is 12.3. The number of thiol groups is 1. The van der Waals surface area contributed by atoms with Gasteiger partial charge < -0.3 is 5.73 Å². The second kappa shape index (κ2) is 6.77. The van der Waals surface area contributed by atoms with Crippen molar-refractivity contribution in [1.82, 2.24) is 0 Å². The minimum absolute atomic E-state index is 0.0679. The van der Waals surface area contributed by atoms with Crippen LogP contribution in [0.5, 0.6) is 0 Å². The highest BCUT2D eigenvalue weighted by Gasteiger charge is 2.23. The van der Waals surface area contributed by atoms with Crippen LogP contribution < -0.4 is 5.73 Å². The number of carbonyl (C=O) groups excluding carboxylic acids is 1. The van der Waals surface area contributed by atoms with Gasteiger partial charge in [0.25, 0.3) is 0 Å². The summed E-state index contributed by atoms with van der Waals surface area (Å²) in [6, 6.07) is 0. The van der Waals surface area contributed by atoms with Gasteiger partial charge in [0.2, 0.25) is 11.1 Å². The minimum Gasteiger partial charge on any atom is -0.323 e. The van der Waals surface area contributed by atoms with Crippen LogP contribution in [0, 0.1) is 29.1 Å². The lowest BCUT2D eigenvalue weighted by Gasteiger charge is -2.01. The fourth-order valence-corrected chi connectivity index (χ4v) is 0.790. The molecule has 0 bridgehead atoms. The number of carbonyl (C=O) groups is 1. The summed E-state index contributed by atoms with van der Waals surface area (Å²) in [7, 11) is 0. The second-order valence-electron chi connectivity index (χ2n) is 2.48. The first-order valence-electron chi connectivity index (χ1n) is 3.82. The summed E-state index contributed by atoms with van der Waals surface area (Å²) < 4.78 is 61.3. The number of hydrogen-bond acceptors (Lipinski definition) is 3. The van der Waals surface area contributed by atoms with Gasteiger partial charge in [0.05, 0.1) is 11.4 Å². The van der Waals surface area contributed by atoms with E-state index in [4.69, 9.17) is 11.6 Å². The van der Waals surface area contributed by atoms with Crippen molar-refractivity contribution in [3.63, 3.8) is 0 Å². The molecule has 0 spiro atoms. The van der Waals surface area contributed by atoms with E-state index < -0.39 is 39.2 Å². The van der Waals surface area contributed by atoms with Crippen LogP contribution in [0.4, 0.5) is 22.0 Å². The van der Waals surface area contributed by atoms with E-state index in [0.717, 1.165) is 0 Å². The number of halogens is 6. The highest BCUT2D eigenvalue weighted by Crippen LogP contribution is 2.24. The molecular weight excluding hydrogens is 289 g/mol. The SMILES string of the molecule is Fc1c(F)c(F)c(S)c(F)c1F.NCC(=O)Cl. The smallest absolute Gasteiger partial charge is 0.235 e. The summed E-state index contributed by atoms with van der Waals surface area (Å²) in [5.74, 6) is -10.00. The molecule has 9 heteroatoms. The Balaban J connectivity index is 0.000000437. The third-order valence-electron chi connectivity index (χ3n) is 1.35. The van der Waals surface area contributed by atoms with Crippen molar-refractivity contribution in [2.45, 2.75) is 4.90 Å². The normalized spacial score (nSPS) is 9.65. The molecule has 0 heterocycles. The lowest BCUT2D eigenvalue weighted by atomic mass is 10.3. The van der Waals surface area contributed by atoms with Gasteiger partial charge in [-0.25, -0.2) is 22.0 Å². The van der Waals surface area contributed by atoms with Crippen LogP contribution in [-0.4, -0.2) is 11.8 Å². The molecule has 1 aromatic carbocycles. The van der Waals surface area contributed by atoms with Crippen LogP contribution in [0.1, 0.15) is 0 Å². The zero-order valence-corrected chi connectivity index (χ0v) is 9.56. The van der Waals surface area contributed by atoms with Gasteiger partial charge in [-0.3, -0.25) is 4.79 Å². The number of rotatable bonds is 1. The lowest BCUT2D eigenvalue weighted by molar-refractivity contribution is -0.110. The van der Waals surface area contributed by atoms with Crippen molar-refractivity contribution in [1.29, 1.82) is 0 Å². The van der Waals surface area contributed by atoms with Crippen LogP contribution in [0.2, 0.25) is 0 Å². The van der Waals surface area contributed by atoms with Crippen molar-refractivity contribution in [3.8, 4) is 0 Å². The summed E-state index contributed by atoms with van der Waals surface area (Å²) in [5, 5.41) is -0.495. The molecule has 0 radical (unpaired) electrons. The first-order chi connectivity index (χ1) is 7.73. The zero-order chi connectivity index (χ0) is 13.7. The molecule has 0 aliphatic carbocycles. The van der Waals surface area contributed by atoms with Crippen molar-refractivity contribution < 1.29 is 26.7 Å². The van der Waals surface area contributed by atoms with E-state index in [2.05, 4.69) is 18.4 Å². The fourth-order valence-electron chi connectivity index (χ4n) is 0.593. The van der Waals surface area contributed by atoms with E-state index in [1.54, 1.807) is 0 Å². The van der Waals surface area contributed by atoms with E-state index in [1.165, 1.54) is 0 Å². The molecule has 0 unspecified atom stereocenters. The fraction of sp³-hybridized carbons (Fsp3) is 0.125. The topological polar surface area (TPSA) is 43.1 Å². The average Bonchev–Trinajstić information content (AvgIpc) is 2.32. The van der Waals surface area contributed by atoms with Crippen molar-refractivity contribution >= 4 is 29.5 Å². The molecule has 0 atom stereocenters. The predicted molar refractivity (Wildman–Crippen MR) is 53.4 cm³/mol. The molecule has 0 amide bonds. The van der Waals surface area contributed by atoms with Gasteiger partial charge in [-0.2, -0.15) is 0 Å². The molecule has 0 saturated heterocycles. The Kier molecular flexibility index (Phi) is 6.43. The quantitative estimate of drug-likeness (QED) is 0.274. The third-order valence-corrected chi connectivity index (χ3v) is 1.89. The van der Waals surface area contributed by atoms with Crippen LogP contribution in [0.15, 0.2) is 4.90 Å². The Hall–Kier alpha value is -0.860. The Labute approximate surface area is 103 Å². The summed E-state index contributed by atoms with van der Waals surface area (Å²) in [4.78, 5) is 8.28. The van der Waals surface area contributed by atoms with Gasteiger partial charge in [0.15, 0.2) is 23.3 Å². The highest BCUT2D eigenvalue weighted by atomic mass is 35.5. The van der Waals surface area contributed by atoms with Crippen LogP contribution in [0.25, 0.3) is 0 Å². The summed E-state index contributed by atoms with van der Waals surface area (Å²) in [5.41, 5.74) is 4.69. The molecular formula is C8H5ClF5NOS. The first-order valence-corrected chi connectivity index (χ1v) is 4.65. The Morgan fingerprint density at radius 3 is 1.47 bits per heavy atom. The Bertz CT molecular complexity index is 337. The van der Waals surface area contributed by atoms with Crippen molar-refractivity contribution in [2.75, 3.05) is 6.54 Å². The maximum absolute atomic E-state index is 12.3. The van der Waals surface area contributed by atoms with Crippen LogP contribution >= 0.6 is 24.2 Å². The third kappa shape index (κ3) is 4.14. The summed E-state index contributed by atoms with van der Waals surface area (Å²) >= 11 is 7.80. The molecule has 2 nitrogen and oxygen atoms in total. The standard InChI is InChI=1S/C6HF5S.C2H4ClNO/c7-1-2(8)4(10)6(12)5(11)3(1)9;3-2(5)1-4/h12H;1,4H2. The largest absolute Gasteiger partial charge is 0.323 e. The van der Waals surface area contributed by atoms with E-state index >= 15 is 0 Å². The van der Waals surface area contributed by atoms with Gasteiger partial charge in [-0.15, -0.1) is 12.6 Å². The maximum Gasteiger partial charge on any atom is 0.235 e. The van der Waals surface area contributed by atoms with Crippen LogP contribution in [0.3, 0.4) is 0 Å². The molecule has 2 N–H and O–H groups in total. The molecule has 17 heavy (non-hydrogen) atoms. The van der Waals surface area contributed by atoms with Gasteiger partial charge in [0.1, 0.15) is 0 Å². The van der Waals surface area contributed by atoms with E-state index in [9.17, 15) is 26.7 Å². The molecule has 0 aromatic heterocycles. The van der Waals surface area contributed by atoms with Crippen LogP contribution in [-0.2, 0) is 4.79 Å². The average molecular weight is 294 g/mol. The number of hydrogen-bond donors (Lipinski definition) is 2. The predicted octanol–water partition coefficient (Wildman–Crippen LogP) is 2.38. The second-order valence-corrected chi connectivity index (χ2v) is 3.35. The zero-order valence-electron chi connectivity index (χ0n) is 7.91. The lowest BCUT2D eigenvalue weighted by Crippen LogP contribution is -2.05. The Morgan fingerprint density at radius 1 is 1.00 bits per heavy atom. The molecule has 0 aliphatic rings. The monoisotopic (exact) mass is 293 g/mol. The molecule has 96 valence electrons. The molecule has 0 saturated carbocycles. The minimum atomic E-state index is -2.18. The summed E-state index contributed by atoms with van der Waals surface area (Å²) in [6.07, 6.45) is 0. The summed E-state index contributed by atoms with van der Waals surface area (Å²) in [6.45, 7) is -0.0679.